The number of hydrogen-bond donors (Lipinski definition) is 1. The molecule has 0 spiro atoms. The second-order valence-corrected chi connectivity index (χ2v) is 4.69. The highest BCUT2D eigenvalue weighted by molar-refractivity contribution is 8.78. The number of halogens is 3. The van der Waals surface area contributed by atoms with Gasteiger partial charge in [-0.25, -0.2) is 0 Å². The molecule has 0 aromatic rings. The van der Waals surface area contributed by atoms with Gasteiger partial charge in [0.05, 0.1) is 0 Å². The van der Waals surface area contributed by atoms with Crippen molar-refractivity contribution in [1.82, 2.24) is 0 Å². The van der Waals surface area contributed by atoms with Crippen LogP contribution in [0.4, 0.5) is 13.2 Å². The third-order valence-electron chi connectivity index (χ3n) is 1.19. The normalized spacial score (nSPS) is 18.2. The molecular formula is C8H6F3NO2S2. The van der Waals surface area contributed by atoms with Crippen LogP contribution in [0, 0.1) is 11.3 Å². The third-order valence-corrected chi connectivity index (χ3v) is 3.42. The number of alkyl halides is 3. The van der Waals surface area contributed by atoms with Gasteiger partial charge in [0.1, 0.15) is 16.9 Å². The maximum Gasteiger partial charge on any atom is 0.425 e. The maximum atomic E-state index is 11.1. The first-order valence-corrected chi connectivity index (χ1v) is 5.94. The van der Waals surface area contributed by atoms with Crippen LogP contribution in [0.5, 0.6) is 0 Å². The fraction of sp³-hybridized carbons (Fsp3) is 0.250. The molecule has 0 aliphatic carbocycles. The molecule has 3 nitrogen and oxygen atoms in total. The molecule has 1 aliphatic rings. The van der Waals surface area contributed by atoms with Gasteiger partial charge in [0.15, 0.2) is 0 Å². The lowest BCUT2D eigenvalue weighted by Crippen LogP contribution is -2.09. The highest BCUT2D eigenvalue weighted by Gasteiger charge is 2.31. The fourth-order valence-electron chi connectivity index (χ4n) is 0.414. The molecule has 0 saturated heterocycles. The van der Waals surface area contributed by atoms with E-state index in [-0.39, 0.29) is 5.25 Å². The van der Waals surface area contributed by atoms with Crippen molar-refractivity contribution in [3.8, 4) is 6.07 Å². The molecule has 0 amide bonds. The summed E-state index contributed by atoms with van der Waals surface area (Å²) in [6.07, 6.45) is -2.87. The number of carbonyl (C=O) groups is 1. The first-order chi connectivity index (χ1) is 7.29. The van der Waals surface area contributed by atoms with Crippen LogP contribution in [0.1, 0.15) is 0 Å². The van der Waals surface area contributed by atoms with Crippen LogP contribution < -0.4 is 0 Å². The molecule has 1 heterocycles. The Kier molecular flexibility index (Phi) is 6.06. The van der Waals surface area contributed by atoms with E-state index in [1.165, 1.54) is 21.6 Å². The second kappa shape index (κ2) is 6.50. The van der Waals surface area contributed by atoms with Crippen LogP contribution >= 0.6 is 21.6 Å². The van der Waals surface area contributed by atoms with E-state index in [0.29, 0.717) is 0 Å². The van der Waals surface area contributed by atoms with E-state index in [1.807, 2.05) is 0 Å². The van der Waals surface area contributed by atoms with Crippen LogP contribution in [0.2, 0.25) is 0 Å². The number of hydrogen-bond acceptors (Lipinski definition) is 4. The molecule has 0 bridgehead atoms. The zero-order chi connectivity index (χ0) is 12.8. The first kappa shape index (κ1) is 14.9. The van der Waals surface area contributed by atoms with Crippen molar-refractivity contribution in [2.24, 2.45) is 0 Å². The number of rotatable bonds is 1. The Balaban J connectivity index is 0.000000281. The van der Waals surface area contributed by atoms with E-state index < -0.39 is 17.7 Å². The lowest BCUT2D eigenvalue weighted by molar-refractivity contribution is -0.135. The molecule has 8 heteroatoms. The van der Waals surface area contributed by atoms with E-state index >= 15 is 0 Å². The lowest BCUT2D eigenvalue weighted by atomic mass is 10.3. The van der Waals surface area contributed by atoms with Gasteiger partial charge < -0.3 is 5.11 Å². The zero-order valence-electron chi connectivity index (χ0n) is 7.69. The Morgan fingerprint density at radius 1 is 1.56 bits per heavy atom. The van der Waals surface area contributed by atoms with Gasteiger partial charge in [-0.2, -0.15) is 18.4 Å². The second-order valence-electron chi connectivity index (χ2n) is 2.37. The van der Waals surface area contributed by atoms with Gasteiger partial charge in [0.2, 0.25) is 0 Å². The van der Waals surface area contributed by atoms with E-state index in [9.17, 15) is 18.0 Å². The summed E-state index contributed by atoms with van der Waals surface area (Å²) < 4.78 is 33.4. The monoisotopic (exact) mass is 269 g/mol. The average molecular weight is 269 g/mol. The largest absolute Gasteiger partial charge is 0.480 e. The fourth-order valence-corrected chi connectivity index (χ4v) is 2.33. The summed E-state index contributed by atoms with van der Waals surface area (Å²) in [5.41, 5.74) is -1.36. The molecule has 0 radical (unpaired) electrons. The molecule has 1 atom stereocenters. The molecule has 16 heavy (non-hydrogen) atoms. The summed E-state index contributed by atoms with van der Waals surface area (Å²) in [6.45, 7) is 2.46. The highest BCUT2D eigenvalue weighted by atomic mass is 33.1. The summed E-state index contributed by atoms with van der Waals surface area (Å²) in [5.74, 6) is -0.753. The van der Waals surface area contributed by atoms with Crippen molar-refractivity contribution >= 4 is 27.6 Å². The standard InChI is InChI=1S/C4H2F3N.C4H4O2S2/c1-3(2-8)4(5,6)7;5-4(6)3-1-2-7-8-3/h1H2;1-3H,(H,5,6). The van der Waals surface area contributed by atoms with Crippen molar-refractivity contribution in [3.05, 3.63) is 23.6 Å². The third kappa shape index (κ3) is 5.72. The van der Waals surface area contributed by atoms with E-state index in [4.69, 9.17) is 10.4 Å². The zero-order valence-corrected chi connectivity index (χ0v) is 9.33. The Bertz CT molecular complexity index is 346. The van der Waals surface area contributed by atoms with Crippen molar-refractivity contribution in [3.63, 3.8) is 0 Å². The van der Waals surface area contributed by atoms with Gasteiger partial charge >= 0.3 is 12.1 Å². The predicted octanol–water partition coefficient (Wildman–Crippen LogP) is 2.98. The van der Waals surface area contributed by atoms with Gasteiger partial charge in [-0.15, -0.1) is 0 Å². The van der Waals surface area contributed by atoms with E-state index in [2.05, 4.69) is 6.58 Å². The van der Waals surface area contributed by atoms with Gasteiger partial charge in [0, 0.05) is 0 Å². The molecule has 1 unspecified atom stereocenters. The number of carboxylic acids is 1. The topological polar surface area (TPSA) is 61.1 Å². The molecule has 1 rings (SSSR count). The van der Waals surface area contributed by atoms with Gasteiger partial charge in [-0.1, -0.05) is 34.2 Å². The quantitative estimate of drug-likeness (QED) is 0.585. The minimum Gasteiger partial charge on any atom is -0.480 e. The summed E-state index contributed by atoms with van der Waals surface area (Å²) in [7, 11) is 2.82. The van der Waals surface area contributed by atoms with Crippen molar-refractivity contribution < 1.29 is 23.1 Å². The van der Waals surface area contributed by atoms with Crippen LogP contribution in [-0.4, -0.2) is 22.5 Å². The number of aliphatic carboxylic acids is 1. The van der Waals surface area contributed by atoms with Gasteiger partial charge in [-0.3, -0.25) is 4.79 Å². The molecule has 1 N–H and O–H groups in total. The summed E-state index contributed by atoms with van der Waals surface area (Å²) >= 11 is 0. The molecule has 88 valence electrons. The number of nitriles is 1. The van der Waals surface area contributed by atoms with Gasteiger partial charge in [0.25, 0.3) is 0 Å². The SMILES string of the molecule is C=C(C#N)C(F)(F)F.O=C(O)C1C=CSS1. The van der Waals surface area contributed by atoms with Crippen LogP contribution in [0.25, 0.3) is 0 Å². The van der Waals surface area contributed by atoms with Crippen molar-refractivity contribution in [2.45, 2.75) is 11.4 Å². The Morgan fingerprint density at radius 2 is 2.12 bits per heavy atom. The molecule has 0 aromatic heterocycles. The van der Waals surface area contributed by atoms with Crippen molar-refractivity contribution in [1.29, 1.82) is 5.26 Å². The lowest BCUT2D eigenvalue weighted by Gasteiger charge is -1.98. The van der Waals surface area contributed by atoms with E-state index in [0.717, 1.165) is 6.07 Å². The summed E-state index contributed by atoms with van der Waals surface area (Å²) in [4.78, 5) is 10.1. The van der Waals surface area contributed by atoms with Crippen LogP contribution in [0.3, 0.4) is 0 Å². The number of carboxylic acid groups (broad SMARTS) is 1. The summed E-state index contributed by atoms with van der Waals surface area (Å²) in [6, 6.07) is 0.885. The molecule has 0 fully saturated rings. The highest BCUT2D eigenvalue weighted by Crippen LogP contribution is 2.35. The van der Waals surface area contributed by atoms with Gasteiger partial charge in [-0.05, 0) is 5.41 Å². The minimum atomic E-state index is -4.55. The molecule has 1 aliphatic heterocycles. The van der Waals surface area contributed by atoms with Crippen molar-refractivity contribution in [2.75, 3.05) is 0 Å². The first-order valence-electron chi connectivity index (χ1n) is 3.67. The van der Waals surface area contributed by atoms with Crippen LogP contribution in [0.15, 0.2) is 23.6 Å². The van der Waals surface area contributed by atoms with Crippen LogP contribution in [-0.2, 0) is 4.79 Å². The summed E-state index contributed by atoms with van der Waals surface area (Å²) in [5, 5.41) is 17.4. The molecule has 0 saturated carbocycles. The Labute approximate surface area is 97.4 Å². The Hall–Kier alpha value is -1.07. The average Bonchev–Trinajstić information content (AvgIpc) is 2.68. The molecular weight excluding hydrogens is 263 g/mol. The number of nitrogens with zero attached hydrogens (tertiary/aromatic N) is 1. The number of allylic oxidation sites excluding steroid dienone is 1. The van der Waals surface area contributed by atoms with E-state index in [1.54, 1.807) is 11.5 Å². The molecule has 0 aromatic carbocycles. The minimum absolute atomic E-state index is 0.319. The smallest absolute Gasteiger partial charge is 0.425 e. The maximum absolute atomic E-state index is 11.1. The predicted molar refractivity (Wildman–Crippen MR) is 56.6 cm³/mol. The Morgan fingerprint density at radius 3 is 2.25 bits per heavy atom.